The van der Waals surface area contributed by atoms with Crippen molar-refractivity contribution in [2.75, 3.05) is 27.2 Å². The van der Waals surface area contributed by atoms with Crippen LogP contribution in [-0.2, 0) is 13.1 Å². The molecule has 4 atom stereocenters. The number of fused-ring (bicyclic) bond motifs is 1. The lowest BCUT2D eigenvalue weighted by Gasteiger charge is -2.35. The van der Waals surface area contributed by atoms with E-state index in [0.29, 0.717) is 29.1 Å². The van der Waals surface area contributed by atoms with Gasteiger partial charge in [0.1, 0.15) is 11.9 Å². The van der Waals surface area contributed by atoms with Gasteiger partial charge in [0, 0.05) is 46.5 Å². The van der Waals surface area contributed by atoms with E-state index >= 15 is 0 Å². The lowest BCUT2D eigenvalue weighted by molar-refractivity contribution is -0.0235. The summed E-state index contributed by atoms with van der Waals surface area (Å²) in [6.07, 6.45) is 4.63. The zero-order valence-electron chi connectivity index (χ0n) is 19.6. The molecule has 174 valence electrons. The molecule has 2 heterocycles. The van der Waals surface area contributed by atoms with Crippen LogP contribution in [0.1, 0.15) is 42.7 Å². The second-order valence-electron chi connectivity index (χ2n) is 10.0. The first-order valence-electron chi connectivity index (χ1n) is 11.7. The molecule has 1 aromatic heterocycles. The summed E-state index contributed by atoms with van der Waals surface area (Å²) >= 11 is 0. The summed E-state index contributed by atoms with van der Waals surface area (Å²) in [5.74, 6) is 2.01. The third-order valence-electron chi connectivity index (χ3n) is 6.71. The van der Waals surface area contributed by atoms with Crippen molar-refractivity contribution >= 4 is 5.91 Å². The summed E-state index contributed by atoms with van der Waals surface area (Å²) in [6.45, 7) is 8.32. The molecule has 32 heavy (non-hydrogen) atoms. The first kappa shape index (κ1) is 22.8. The Bertz CT molecular complexity index is 925. The maximum absolute atomic E-state index is 12.5. The number of hydrogen-bond donors (Lipinski definition) is 1. The van der Waals surface area contributed by atoms with Crippen LogP contribution in [0.5, 0.6) is 5.75 Å². The quantitative estimate of drug-likeness (QED) is 0.717. The SMILES string of the molecule is CC(C)Cn1cncc1CN1C[C@H]2C[C@@H](Oc3ccccc3C(=O)N(C)C)[C@H](O)C[C@H]2C1. The highest BCUT2D eigenvalue weighted by molar-refractivity contribution is 5.96. The Morgan fingerprint density at radius 3 is 2.66 bits per heavy atom. The predicted octanol–water partition coefficient (Wildman–Crippen LogP) is 2.89. The minimum absolute atomic E-state index is 0.0890. The molecule has 1 N–H and O–H groups in total. The van der Waals surface area contributed by atoms with E-state index < -0.39 is 6.10 Å². The number of likely N-dealkylation sites (tertiary alicyclic amines) is 1. The van der Waals surface area contributed by atoms with E-state index in [2.05, 4.69) is 28.3 Å². The van der Waals surface area contributed by atoms with E-state index in [4.69, 9.17) is 4.74 Å². The molecular weight excluding hydrogens is 404 g/mol. The Morgan fingerprint density at radius 2 is 1.94 bits per heavy atom. The number of amides is 1. The van der Waals surface area contributed by atoms with Gasteiger partial charge in [-0.2, -0.15) is 0 Å². The zero-order valence-corrected chi connectivity index (χ0v) is 19.6. The summed E-state index contributed by atoms with van der Waals surface area (Å²) in [7, 11) is 3.47. The lowest BCUT2D eigenvalue weighted by Crippen LogP contribution is -2.42. The van der Waals surface area contributed by atoms with Crippen molar-refractivity contribution in [1.29, 1.82) is 0 Å². The van der Waals surface area contributed by atoms with Gasteiger partial charge in [-0.3, -0.25) is 9.69 Å². The highest BCUT2D eigenvalue weighted by Crippen LogP contribution is 2.39. The number of rotatable bonds is 7. The van der Waals surface area contributed by atoms with Gasteiger partial charge in [0.25, 0.3) is 5.91 Å². The zero-order chi connectivity index (χ0) is 22.8. The highest BCUT2D eigenvalue weighted by atomic mass is 16.5. The van der Waals surface area contributed by atoms with Crippen LogP contribution in [-0.4, -0.2) is 69.8 Å². The molecule has 1 aliphatic heterocycles. The van der Waals surface area contributed by atoms with Crippen molar-refractivity contribution in [3.05, 3.63) is 48.0 Å². The summed E-state index contributed by atoms with van der Waals surface area (Å²) in [4.78, 5) is 20.9. The number of nitrogens with zero attached hydrogens (tertiary/aromatic N) is 4. The van der Waals surface area contributed by atoms with Crippen LogP contribution in [0.15, 0.2) is 36.8 Å². The van der Waals surface area contributed by atoms with Crippen molar-refractivity contribution in [1.82, 2.24) is 19.4 Å². The van der Waals surface area contributed by atoms with Gasteiger partial charge in [-0.1, -0.05) is 26.0 Å². The fourth-order valence-corrected chi connectivity index (χ4v) is 5.16. The molecule has 0 spiro atoms. The van der Waals surface area contributed by atoms with E-state index in [0.717, 1.165) is 39.0 Å². The summed E-state index contributed by atoms with van der Waals surface area (Å²) in [5.41, 5.74) is 1.79. The molecule has 1 aromatic carbocycles. The molecule has 2 aliphatic rings. The number of aliphatic hydroxyl groups excluding tert-OH is 1. The van der Waals surface area contributed by atoms with Gasteiger partial charge in [0.05, 0.1) is 23.7 Å². The van der Waals surface area contributed by atoms with Crippen molar-refractivity contribution in [2.45, 2.75) is 52.0 Å². The maximum Gasteiger partial charge on any atom is 0.257 e. The molecule has 1 amide bonds. The first-order chi connectivity index (χ1) is 15.3. The first-order valence-corrected chi connectivity index (χ1v) is 11.7. The smallest absolute Gasteiger partial charge is 0.257 e. The molecule has 0 radical (unpaired) electrons. The summed E-state index contributed by atoms with van der Waals surface area (Å²) in [6, 6.07) is 7.33. The number of hydrogen-bond acceptors (Lipinski definition) is 5. The van der Waals surface area contributed by atoms with Crippen LogP contribution in [0, 0.1) is 17.8 Å². The number of carbonyl (C=O) groups excluding carboxylic acids is 1. The van der Waals surface area contributed by atoms with Crippen LogP contribution in [0.4, 0.5) is 0 Å². The van der Waals surface area contributed by atoms with Gasteiger partial charge in [-0.05, 0) is 42.7 Å². The second kappa shape index (κ2) is 9.63. The van der Waals surface area contributed by atoms with Crippen molar-refractivity contribution < 1.29 is 14.6 Å². The Hall–Kier alpha value is -2.38. The van der Waals surface area contributed by atoms with Crippen molar-refractivity contribution in [2.24, 2.45) is 17.8 Å². The van der Waals surface area contributed by atoms with Crippen molar-refractivity contribution in [3.8, 4) is 5.75 Å². The molecule has 2 fully saturated rings. The minimum atomic E-state index is -0.523. The summed E-state index contributed by atoms with van der Waals surface area (Å²) in [5, 5.41) is 10.8. The molecule has 7 nitrogen and oxygen atoms in total. The molecule has 1 saturated carbocycles. The maximum atomic E-state index is 12.5. The van der Waals surface area contributed by atoms with Crippen LogP contribution < -0.4 is 4.74 Å². The number of carbonyl (C=O) groups is 1. The van der Waals surface area contributed by atoms with E-state index in [1.54, 1.807) is 25.1 Å². The average Bonchev–Trinajstić information content (AvgIpc) is 3.33. The third kappa shape index (κ3) is 4.99. The van der Waals surface area contributed by atoms with Crippen LogP contribution in [0.3, 0.4) is 0 Å². The van der Waals surface area contributed by atoms with E-state index in [1.807, 2.05) is 30.7 Å². The monoisotopic (exact) mass is 440 g/mol. The number of imidazole rings is 1. The molecule has 1 aliphatic carbocycles. The van der Waals surface area contributed by atoms with Gasteiger partial charge in [-0.25, -0.2) is 4.98 Å². The van der Waals surface area contributed by atoms with Crippen LogP contribution in [0.2, 0.25) is 0 Å². The molecule has 2 aromatic rings. The van der Waals surface area contributed by atoms with Gasteiger partial charge in [-0.15, -0.1) is 0 Å². The van der Waals surface area contributed by atoms with Crippen LogP contribution in [0.25, 0.3) is 0 Å². The Morgan fingerprint density at radius 1 is 1.22 bits per heavy atom. The van der Waals surface area contributed by atoms with Gasteiger partial charge in [0.15, 0.2) is 0 Å². The van der Waals surface area contributed by atoms with Gasteiger partial charge in [0.2, 0.25) is 0 Å². The summed E-state index contributed by atoms with van der Waals surface area (Å²) < 4.78 is 8.51. The fourth-order valence-electron chi connectivity index (χ4n) is 5.16. The molecule has 4 rings (SSSR count). The van der Waals surface area contributed by atoms with E-state index in [9.17, 15) is 9.90 Å². The largest absolute Gasteiger partial charge is 0.487 e. The van der Waals surface area contributed by atoms with E-state index in [1.165, 1.54) is 5.69 Å². The normalized spacial score (nSPS) is 25.7. The molecule has 0 bridgehead atoms. The predicted molar refractivity (Wildman–Crippen MR) is 123 cm³/mol. The average molecular weight is 441 g/mol. The topological polar surface area (TPSA) is 70.8 Å². The number of ether oxygens (including phenoxy) is 1. The van der Waals surface area contributed by atoms with E-state index in [-0.39, 0.29) is 12.0 Å². The number of aliphatic hydroxyl groups is 1. The Kier molecular flexibility index (Phi) is 6.86. The van der Waals surface area contributed by atoms with Crippen molar-refractivity contribution in [3.63, 3.8) is 0 Å². The highest BCUT2D eigenvalue weighted by Gasteiger charge is 2.43. The molecular formula is C25H36N4O3. The Balaban J connectivity index is 1.41. The third-order valence-corrected chi connectivity index (χ3v) is 6.71. The second-order valence-corrected chi connectivity index (χ2v) is 10.0. The Labute approximate surface area is 191 Å². The number of benzene rings is 1. The van der Waals surface area contributed by atoms with Crippen LogP contribution >= 0.6 is 0 Å². The molecule has 1 saturated heterocycles. The lowest BCUT2D eigenvalue weighted by atomic mass is 9.78. The molecule has 7 heteroatoms. The number of aromatic nitrogens is 2. The number of para-hydroxylation sites is 1. The van der Waals surface area contributed by atoms with Gasteiger partial charge >= 0.3 is 0 Å². The van der Waals surface area contributed by atoms with Gasteiger partial charge < -0.3 is 19.3 Å². The standard InChI is InChI=1S/C25H36N4O3/c1-17(2)12-29-16-26-11-20(29)15-28-13-18-9-22(30)24(10-19(18)14-28)32-23-8-6-5-7-21(23)25(31)27(3)4/h5-8,11,16-19,22,24,30H,9-10,12-15H2,1-4H3/t18-,19+,22+,24+/m0/s1. The molecule has 0 unspecified atom stereocenters. The fraction of sp³-hybridized carbons (Fsp3) is 0.600. The minimum Gasteiger partial charge on any atom is -0.487 e.